The van der Waals surface area contributed by atoms with Crippen molar-refractivity contribution in [2.24, 2.45) is 0 Å². The lowest BCUT2D eigenvalue weighted by atomic mass is 9.91. The average Bonchev–Trinajstić information content (AvgIpc) is 3.54. The molecular weight excluding hydrogens is 613 g/mol. The summed E-state index contributed by atoms with van der Waals surface area (Å²) in [5.74, 6) is 0. The van der Waals surface area contributed by atoms with E-state index in [-0.39, 0.29) is 0 Å². The van der Waals surface area contributed by atoms with Crippen molar-refractivity contribution >= 4 is 98.0 Å². The summed E-state index contributed by atoms with van der Waals surface area (Å²) in [6.07, 6.45) is 0. The van der Waals surface area contributed by atoms with Gasteiger partial charge in [0, 0.05) is 53.7 Å². The number of rotatable bonds is 6. The third-order valence-electron chi connectivity index (χ3n) is 9.76. The fraction of sp³-hybridized carbons (Fsp3) is 0. The number of fused-ring (bicyclic) bond motifs is 3. The normalized spacial score (nSPS) is 11.7. The van der Waals surface area contributed by atoms with Crippen molar-refractivity contribution in [2.45, 2.75) is 0 Å². The van der Waals surface area contributed by atoms with E-state index in [0.717, 1.165) is 22.7 Å². The number of para-hydroxylation sites is 3. The molecule has 0 aliphatic rings. The molecule has 0 saturated heterocycles. The Kier molecular flexibility index (Phi) is 6.39. The Morgan fingerprint density at radius 3 is 1.29 bits per heavy atom. The van der Waals surface area contributed by atoms with E-state index in [9.17, 15) is 0 Å². The first kappa shape index (κ1) is 27.9. The zero-order chi connectivity index (χ0) is 32.3. The lowest BCUT2D eigenvalue weighted by Crippen LogP contribution is -2.11. The van der Waals surface area contributed by atoms with Gasteiger partial charge in [0.15, 0.2) is 0 Å². The molecule has 10 rings (SSSR count). The number of hydrogen-bond donors (Lipinski definition) is 0. The zero-order valence-electron chi connectivity index (χ0n) is 26.6. The molecule has 230 valence electrons. The van der Waals surface area contributed by atoms with Crippen LogP contribution in [0.1, 0.15) is 0 Å². The van der Waals surface area contributed by atoms with E-state index in [0.29, 0.717) is 0 Å². The van der Waals surface area contributed by atoms with Crippen LogP contribution in [0.25, 0.3) is 52.5 Å². The maximum absolute atomic E-state index is 2.43. The Bertz CT molecular complexity index is 2730. The second kappa shape index (κ2) is 11.2. The van der Waals surface area contributed by atoms with Crippen LogP contribution in [0, 0.1) is 0 Å². The first-order valence-corrected chi connectivity index (χ1v) is 17.5. The molecule has 0 bridgehead atoms. The number of hydrogen-bond acceptors (Lipinski definition) is 3. The molecule has 1 heterocycles. The van der Waals surface area contributed by atoms with Gasteiger partial charge in [0.05, 0.1) is 11.4 Å². The molecule has 1 aromatic heterocycles. The standard InChI is InChI=1S/C46H30N2S/c1-4-12-33(13-5-1)47(34-14-6-2-7-15-34)41-28-22-31-21-26-40-42(29-23-32-20-25-39(41)45(31)46(32)40)48(35-16-8-3-9-17-35)36-24-27-38-37-18-10-11-19-43(37)49-44(38)30-36/h1-30H. The number of benzene rings is 9. The van der Waals surface area contributed by atoms with Crippen molar-refractivity contribution in [2.75, 3.05) is 9.80 Å². The van der Waals surface area contributed by atoms with E-state index < -0.39 is 0 Å². The lowest BCUT2D eigenvalue weighted by molar-refractivity contribution is 1.30. The largest absolute Gasteiger partial charge is 0.310 e. The van der Waals surface area contributed by atoms with Gasteiger partial charge in [0.25, 0.3) is 0 Å². The highest BCUT2D eigenvalue weighted by atomic mass is 32.1. The minimum atomic E-state index is 1.14. The minimum absolute atomic E-state index is 1.14. The van der Waals surface area contributed by atoms with Gasteiger partial charge in [-0.2, -0.15) is 0 Å². The molecule has 0 unspecified atom stereocenters. The van der Waals surface area contributed by atoms with Crippen LogP contribution in [0.2, 0.25) is 0 Å². The highest BCUT2D eigenvalue weighted by Gasteiger charge is 2.22. The molecular formula is C46H30N2S. The van der Waals surface area contributed by atoms with Crippen LogP contribution >= 0.6 is 11.3 Å². The quantitative estimate of drug-likeness (QED) is 0.167. The second-order valence-corrected chi connectivity index (χ2v) is 13.6. The summed E-state index contributed by atoms with van der Waals surface area (Å²) in [5, 5.41) is 10.2. The van der Waals surface area contributed by atoms with E-state index in [1.807, 2.05) is 11.3 Å². The molecule has 0 spiro atoms. The van der Waals surface area contributed by atoms with Gasteiger partial charge in [0.2, 0.25) is 0 Å². The predicted molar refractivity (Wildman–Crippen MR) is 212 cm³/mol. The third kappa shape index (κ3) is 4.47. The molecule has 2 nitrogen and oxygen atoms in total. The maximum atomic E-state index is 2.43. The van der Waals surface area contributed by atoms with Crippen molar-refractivity contribution in [1.29, 1.82) is 0 Å². The maximum Gasteiger partial charge on any atom is 0.0540 e. The smallest absolute Gasteiger partial charge is 0.0540 e. The van der Waals surface area contributed by atoms with Gasteiger partial charge in [-0.1, -0.05) is 115 Å². The van der Waals surface area contributed by atoms with E-state index >= 15 is 0 Å². The third-order valence-corrected chi connectivity index (χ3v) is 10.9. The van der Waals surface area contributed by atoms with Gasteiger partial charge >= 0.3 is 0 Å². The molecule has 0 fully saturated rings. The van der Waals surface area contributed by atoms with Crippen LogP contribution in [0.4, 0.5) is 34.1 Å². The van der Waals surface area contributed by atoms with Gasteiger partial charge in [-0.25, -0.2) is 0 Å². The Balaban J connectivity index is 1.23. The molecule has 3 heteroatoms. The van der Waals surface area contributed by atoms with Crippen LogP contribution in [-0.2, 0) is 0 Å². The fourth-order valence-corrected chi connectivity index (χ4v) is 8.74. The van der Waals surface area contributed by atoms with E-state index in [4.69, 9.17) is 0 Å². The number of anilines is 6. The summed E-state index contributed by atoms with van der Waals surface area (Å²) in [4.78, 5) is 4.81. The Hall–Kier alpha value is -6.16. The van der Waals surface area contributed by atoms with Crippen LogP contribution in [0.5, 0.6) is 0 Å². The highest BCUT2D eigenvalue weighted by Crippen LogP contribution is 2.48. The van der Waals surface area contributed by atoms with Crippen molar-refractivity contribution in [3.05, 3.63) is 182 Å². The molecule has 9 aromatic carbocycles. The van der Waals surface area contributed by atoms with Crippen LogP contribution in [-0.4, -0.2) is 0 Å². The van der Waals surface area contributed by atoms with Gasteiger partial charge in [0.1, 0.15) is 0 Å². The minimum Gasteiger partial charge on any atom is -0.310 e. The van der Waals surface area contributed by atoms with Gasteiger partial charge in [-0.15, -0.1) is 11.3 Å². The summed E-state index contributed by atoms with van der Waals surface area (Å²) in [6.45, 7) is 0. The average molecular weight is 643 g/mol. The summed E-state index contributed by atoms with van der Waals surface area (Å²) in [7, 11) is 0. The molecule has 10 aromatic rings. The molecule has 0 aliphatic heterocycles. The number of thiophene rings is 1. The van der Waals surface area contributed by atoms with Crippen LogP contribution in [0.15, 0.2) is 182 Å². The zero-order valence-corrected chi connectivity index (χ0v) is 27.4. The van der Waals surface area contributed by atoms with Gasteiger partial charge in [-0.3, -0.25) is 0 Å². The summed E-state index contributed by atoms with van der Waals surface area (Å²) < 4.78 is 2.61. The molecule has 49 heavy (non-hydrogen) atoms. The van der Waals surface area contributed by atoms with Crippen molar-refractivity contribution in [3.63, 3.8) is 0 Å². The first-order chi connectivity index (χ1) is 24.3. The van der Waals surface area contributed by atoms with Crippen LogP contribution in [0.3, 0.4) is 0 Å². The monoisotopic (exact) mass is 642 g/mol. The SMILES string of the molecule is c1ccc(N(c2ccccc2)c2ccc3ccc4c(N(c5ccccc5)c5ccc6c(c5)sc5ccccc56)ccc5ccc2c3c54)cc1. The molecule has 0 radical (unpaired) electrons. The summed E-state index contributed by atoms with van der Waals surface area (Å²) >= 11 is 1.86. The second-order valence-electron chi connectivity index (χ2n) is 12.5. The van der Waals surface area contributed by atoms with Gasteiger partial charge in [-0.05, 0) is 88.3 Å². The predicted octanol–water partition coefficient (Wildman–Crippen LogP) is 13.9. The first-order valence-electron chi connectivity index (χ1n) is 16.7. The van der Waals surface area contributed by atoms with Crippen molar-refractivity contribution < 1.29 is 0 Å². The van der Waals surface area contributed by atoms with Gasteiger partial charge < -0.3 is 9.80 Å². The topological polar surface area (TPSA) is 6.48 Å². The van der Waals surface area contributed by atoms with E-state index in [1.165, 1.54) is 63.9 Å². The molecule has 0 N–H and O–H groups in total. The summed E-state index contributed by atoms with van der Waals surface area (Å²) in [5.41, 5.74) is 6.90. The van der Waals surface area contributed by atoms with E-state index in [2.05, 4.69) is 192 Å². The highest BCUT2D eigenvalue weighted by molar-refractivity contribution is 7.25. The Morgan fingerprint density at radius 1 is 0.306 bits per heavy atom. The molecule has 0 aliphatic carbocycles. The fourth-order valence-electron chi connectivity index (χ4n) is 7.60. The molecule has 0 atom stereocenters. The van der Waals surface area contributed by atoms with E-state index in [1.54, 1.807) is 0 Å². The van der Waals surface area contributed by atoms with Crippen molar-refractivity contribution in [1.82, 2.24) is 0 Å². The molecule has 0 amide bonds. The number of nitrogens with zero attached hydrogens (tertiary/aromatic N) is 2. The lowest BCUT2D eigenvalue weighted by Gasteiger charge is -2.29. The van der Waals surface area contributed by atoms with Crippen LogP contribution < -0.4 is 9.80 Å². The molecule has 0 saturated carbocycles. The Labute approximate surface area is 288 Å². The van der Waals surface area contributed by atoms with Crippen molar-refractivity contribution in [3.8, 4) is 0 Å². The Morgan fingerprint density at radius 2 is 0.735 bits per heavy atom. The summed E-state index contributed by atoms with van der Waals surface area (Å²) in [6, 6.07) is 66.2.